The van der Waals surface area contributed by atoms with Crippen LogP contribution in [0.3, 0.4) is 0 Å². The molecule has 1 fully saturated rings. The van der Waals surface area contributed by atoms with Gasteiger partial charge < -0.3 is 15.0 Å². The van der Waals surface area contributed by atoms with Gasteiger partial charge in [0.2, 0.25) is 10.0 Å². The van der Waals surface area contributed by atoms with E-state index in [4.69, 9.17) is 16.3 Å². The quantitative estimate of drug-likeness (QED) is 0.778. The molecule has 0 atom stereocenters. The molecule has 0 aromatic heterocycles. The Morgan fingerprint density at radius 1 is 1.10 bits per heavy atom. The van der Waals surface area contributed by atoms with Crippen molar-refractivity contribution in [3.63, 3.8) is 0 Å². The van der Waals surface area contributed by atoms with Crippen LogP contribution in [0.2, 0.25) is 5.02 Å². The van der Waals surface area contributed by atoms with Gasteiger partial charge in [0.25, 0.3) is 5.91 Å². The third-order valence-corrected chi connectivity index (χ3v) is 7.26. The fraction of sp³-hybridized carbons (Fsp3) is 0.350. The molecule has 0 saturated carbocycles. The van der Waals surface area contributed by atoms with Crippen LogP contribution in [0.5, 0.6) is 5.75 Å². The molecule has 0 bridgehead atoms. The predicted octanol–water partition coefficient (Wildman–Crippen LogP) is 2.85. The van der Waals surface area contributed by atoms with E-state index in [1.54, 1.807) is 18.2 Å². The summed E-state index contributed by atoms with van der Waals surface area (Å²) in [4.78, 5) is 14.8. The maximum atomic E-state index is 13.2. The third-order valence-electron chi connectivity index (χ3n) is 4.94. The van der Waals surface area contributed by atoms with Gasteiger partial charge >= 0.3 is 0 Å². The summed E-state index contributed by atoms with van der Waals surface area (Å²) >= 11 is 6.11. The topological polar surface area (TPSA) is 78.9 Å². The van der Waals surface area contributed by atoms with E-state index < -0.39 is 15.9 Å². The zero-order chi connectivity index (χ0) is 21.2. The smallest absolute Gasteiger partial charge is 0.255 e. The molecule has 0 aliphatic carbocycles. The van der Waals surface area contributed by atoms with Gasteiger partial charge in [-0.25, -0.2) is 8.42 Å². The van der Waals surface area contributed by atoms with Crippen molar-refractivity contribution in [2.24, 2.45) is 0 Å². The molecule has 156 valence electrons. The van der Waals surface area contributed by atoms with E-state index in [0.717, 1.165) is 5.56 Å². The monoisotopic (exact) mass is 437 g/mol. The van der Waals surface area contributed by atoms with Gasteiger partial charge in [-0.2, -0.15) is 4.31 Å². The van der Waals surface area contributed by atoms with Crippen LogP contribution < -0.4 is 10.1 Å². The second-order valence-electron chi connectivity index (χ2n) is 6.99. The number of likely N-dealkylation sites (N-methyl/N-ethyl adjacent to an activating group) is 1. The lowest BCUT2D eigenvalue weighted by Gasteiger charge is -2.31. The molecule has 2 aromatic carbocycles. The minimum Gasteiger partial charge on any atom is -0.495 e. The molecule has 3 rings (SSSR count). The number of hydrogen-bond donors (Lipinski definition) is 1. The highest BCUT2D eigenvalue weighted by Crippen LogP contribution is 2.29. The lowest BCUT2D eigenvalue weighted by atomic mass is 10.2. The number of nitrogens with one attached hydrogen (secondary N) is 1. The number of aryl methyl sites for hydroxylation is 1. The first-order chi connectivity index (χ1) is 13.7. The second kappa shape index (κ2) is 8.71. The summed E-state index contributed by atoms with van der Waals surface area (Å²) in [6.45, 7) is 3.94. The van der Waals surface area contributed by atoms with Gasteiger partial charge in [0, 0.05) is 42.5 Å². The number of sulfonamides is 1. The lowest BCUT2D eigenvalue weighted by Crippen LogP contribution is -2.47. The van der Waals surface area contributed by atoms with Crippen molar-refractivity contribution >= 4 is 33.2 Å². The standard InChI is InChI=1S/C20H24ClN3O4S/c1-14-4-6-16(13-17(14)21)22-20(25)15-5-7-18(28-3)19(12-15)29(26,27)24-10-8-23(2)9-11-24/h4-7,12-13H,8-11H2,1-3H3,(H,22,25). The Labute approximate surface area is 176 Å². The number of nitrogens with zero attached hydrogens (tertiary/aromatic N) is 2. The van der Waals surface area contributed by atoms with Crippen molar-refractivity contribution in [3.8, 4) is 5.75 Å². The molecule has 0 unspecified atom stereocenters. The minimum atomic E-state index is -3.79. The Balaban J connectivity index is 1.90. The molecule has 29 heavy (non-hydrogen) atoms. The van der Waals surface area contributed by atoms with Gasteiger partial charge in [-0.15, -0.1) is 0 Å². The predicted molar refractivity (Wildman–Crippen MR) is 113 cm³/mol. The van der Waals surface area contributed by atoms with Crippen LogP contribution in [0.1, 0.15) is 15.9 Å². The molecule has 1 saturated heterocycles. The normalized spacial score (nSPS) is 15.9. The van der Waals surface area contributed by atoms with E-state index in [9.17, 15) is 13.2 Å². The molecule has 7 nitrogen and oxygen atoms in total. The molecule has 0 radical (unpaired) electrons. The molecular weight excluding hydrogens is 414 g/mol. The van der Waals surface area contributed by atoms with Gasteiger partial charge in [0.1, 0.15) is 10.6 Å². The molecule has 1 heterocycles. The summed E-state index contributed by atoms with van der Waals surface area (Å²) in [6, 6.07) is 9.59. The zero-order valence-corrected chi connectivity index (χ0v) is 18.2. The van der Waals surface area contributed by atoms with E-state index in [2.05, 4.69) is 10.2 Å². The SMILES string of the molecule is COc1ccc(C(=O)Nc2ccc(C)c(Cl)c2)cc1S(=O)(=O)N1CCN(C)CC1. The largest absolute Gasteiger partial charge is 0.495 e. The van der Waals surface area contributed by atoms with Crippen LogP contribution >= 0.6 is 11.6 Å². The van der Waals surface area contributed by atoms with Gasteiger partial charge in [-0.1, -0.05) is 17.7 Å². The molecule has 2 aromatic rings. The Kier molecular flexibility index (Phi) is 6.48. The molecule has 9 heteroatoms. The minimum absolute atomic E-state index is 0.0147. The first kappa shape index (κ1) is 21.6. The van der Waals surface area contributed by atoms with Crippen molar-refractivity contribution in [2.75, 3.05) is 45.7 Å². The molecular formula is C20H24ClN3O4S. The van der Waals surface area contributed by atoms with Gasteiger partial charge in [-0.05, 0) is 49.9 Å². The number of carbonyl (C=O) groups is 1. The fourth-order valence-corrected chi connectivity index (χ4v) is 4.85. The number of carbonyl (C=O) groups excluding carboxylic acids is 1. The number of amides is 1. The van der Waals surface area contributed by atoms with Crippen molar-refractivity contribution in [2.45, 2.75) is 11.8 Å². The summed E-state index contributed by atoms with van der Waals surface area (Å²) in [5.74, 6) is -0.221. The number of piperazine rings is 1. The van der Waals surface area contributed by atoms with Crippen molar-refractivity contribution in [1.29, 1.82) is 0 Å². The number of halogens is 1. The Bertz CT molecular complexity index is 1020. The van der Waals surface area contributed by atoms with E-state index in [-0.39, 0.29) is 16.2 Å². The molecule has 0 spiro atoms. The van der Waals surface area contributed by atoms with Crippen LogP contribution in [-0.4, -0.2) is 63.9 Å². The van der Waals surface area contributed by atoms with Gasteiger partial charge in [-0.3, -0.25) is 4.79 Å². The van der Waals surface area contributed by atoms with Crippen molar-refractivity contribution in [1.82, 2.24) is 9.21 Å². The maximum absolute atomic E-state index is 13.2. The number of hydrogen-bond acceptors (Lipinski definition) is 5. The van der Waals surface area contributed by atoms with Gasteiger partial charge in [0.05, 0.1) is 7.11 Å². The molecule has 1 aliphatic heterocycles. The summed E-state index contributed by atoms with van der Waals surface area (Å²) < 4.78 is 33.0. The summed E-state index contributed by atoms with van der Waals surface area (Å²) in [5.41, 5.74) is 1.65. The van der Waals surface area contributed by atoms with E-state index >= 15 is 0 Å². The van der Waals surface area contributed by atoms with E-state index in [1.165, 1.54) is 29.6 Å². The first-order valence-corrected chi connectivity index (χ1v) is 11.0. The van der Waals surface area contributed by atoms with Crippen LogP contribution in [-0.2, 0) is 10.0 Å². The van der Waals surface area contributed by atoms with E-state index in [1.807, 2.05) is 14.0 Å². The first-order valence-electron chi connectivity index (χ1n) is 9.16. The highest BCUT2D eigenvalue weighted by atomic mass is 35.5. The summed E-state index contributed by atoms with van der Waals surface area (Å²) in [6.07, 6.45) is 0. The summed E-state index contributed by atoms with van der Waals surface area (Å²) in [7, 11) is -0.429. The van der Waals surface area contributed by atoms with Crippen LogP contribution in [0.15, 0.2) is 41.3 Å². The Morgan fingerprint density at radius 3 is 2.41 bits per heavy atom. The zero-order valence-electron chi connectivity index (χ0n) is 16.6. The second-order valence-corrected chi connectivity index (χ2v) is 9.30. The Hall–Kier alpha value is -2.13. The number of rotatable bonds is 5. The average molecular weight is 438 g/mol. The third kappa shape index (κ3) is 4.72. The maximum Gasteiger partial charge on any atom is 0.255 e. The fourth-order valence-electron chi connectivity index (χ4n) is 3.06. The van der Waals surface area contributed by atoms with Gasteiger partial charge in [0.15, 0.2) is 0 Å². The Morgan fingerprint density at radius 2 is 1.79 bits per heavy atom. The number of methoxy groups -OCH3 is 1. The van der Waals surface area contributed by atoms with Crippen molar-refractivity contribution in [3.05, 3.63) is 52.5 Å². The molecule has 1 amide bonds. The molecule has 1 N–H and O–H groups in total. The van der Waals surface area contributed by atoms with Crippen LogP contribution in [0, 0.1) is 6.92 Å². The lowest BCUT2D eigenvalue weighted by molar-refractivity contribution is 0.102. The number of benzene rings is 2. The van der Waals surface area contributed by atoms with Crippen molar-refractivity contribution < 1.29 is 17.9 Å². The average Bonchev–Trinajstić information content (AvgIpc) is 2.70. The van der Waals surface area contributed by atoms with Crippen LogP contribution in [0.25, 0.3) is 0 Å². The molecule has 1 aliphatic rings. The van der Waals surface area contributed by atoms with E-state index in [0.29, 0.717) is 36.9 Å². The number of anilines is 1. The summed E-state index contributed by atoms with van der Waals surface area (Å²) in [5, 5.41) is 3.29. The number of ether oxygens (including phenoxy) is 1. The highest BCUT2D eigenvalue weighted by molar-refractivity contribution is 7.89. The van der Waals surface area contributed by atoms with Crippen LogP contribution in [0.4, 0.5) is 5.69 Å². The highest BCUT2D eigenvalue weighted by Gasteiger charge is 2.30.